The smallest absolute Gasteiger partial charge is 0.248 e. The number of aliphatic imine (C=N–C) groups is 1. The third-order valence-corrected chi connectivity index (χ3v) is 3.29. The minimum absolute atomic E-state index is 0.346. The van der Waals surface area contributed by atoms with Gasteiger partial charge < -0.3 is 16.4 Å². The van der Waals surface area contributed by atoms with Crippen LogP contribution in [0.4, 0.5) is 0 Å². The monoisotopic (exact) mass is 276 g/mol. The molecule has 0 aromatic heterocycles. The van der Waals surface area contributed by atoms with Crippen molar-refractivity contribution in [2.75, 3.05) is 7.05 Å². The van der Waals surface area contributed by atoms with Crippen molar-refractivity contribution in [2.24, 2.45) is 16.6 Å². The molecule has 0 aliphatic heterocycles. The fourth-order valence-electron chi connectivity index (χ4n) is 1.55. The van der Waals surface area contributed by atoms with E-state index < -0.39 is 5.91 Å². The molecule has 1 unspecified atom stereocenters. The summed E-state index contributed by atoms with van der Waals surface area (Å²) in [5, 5.41) is 6.57. The molecule has 1 rings (SSSR count). The molecule has 0 heterocycles. The minimum Gasteiger partial charge on any atom is -0.366 e. The lowest BCUT2D eigenvalue weighted by Gasteiger charge is -2.20. The number of hydrogen-bond acceptors (Lipinski definition) is 2. The third-order valence-electron chi connectivity index (χ3n) is 3.29. The third kappa shape index (κ3) is 4.91. The van der Waals surface area contributed by atoms with E-state index >= 15 is 0 Å². The maximum atomic E-state index is 11.0. The zero-order valence-corrected chi connectivity index (χ0v) is 12.6. The van der Waals surface area contributed by atoms with Crippen molar-refractivity contribution in [3.63, 3.8) is 0 Å². The zero-order valence-electron chi connectivity index (χ0n) is 12.6. The summed E-state index contributed by atoms with van der Waals surface area (Å²) in [5.41, 5.74) is 6.79. The number of amides is 1. The van der Waals surface area contributed by atoms with E-state index in [4.69, 9.17) is 5.73 Å². The number of rotatable bonds is 5. The highest BCUT2D eigenvalue weighted by atomic mass is 16.1. The average molecular weight is 276 g/mol. The zero-order chi connectivity index (χ0) is 15.1. The SMILES string of the molecule is CN=C(NCc1ccc(C(N)=O)cc1)NC(C)C(C)C. The lowest BCUT2D eigenvalue weighted by molar-refractivity contribution is 0.100. The Balaban J connectivity index is 2.54. The molecule has 1 atom stereocenters. The number of nitrogens with two attached hydrogens (primary N) is 1. The van der Waals surface area contributed by atoms with Crippen LogP contribution in [0.2, 0.25) is 0 Å². The van der Waals surface area contributed by atoms with Gasteiger partial charge in [0.2, 0.25) is 5.91 Å². The standard InChI is InChI=1S/C15H24N4O/c1-10(2)11(3)19-15(17-4)18-9-12-5-7-13(8-6-12)14(16)20/h5-8,10-11H,9H2,1-4H3,(H2,16,20)(H2,17,18,19). The van der Waals surface area contributed by atoms with Gasteiger partial charge in [-0.2, -0.15) is 0 Å². The van der Waals surface area contributed by atoms with Crippen LogP contribution in [0.1, 0.15) is 36.7 Å². The van der Waals surface area contributed by atoms with E-state index in [0.717, 1.165) is 11.5 Å². The number of benzene rings is 1. The molecule has 0 aliphatic rings. The fourth-order valence-corrected chi connectivity index (χ4v) is 1.55. The molecular weight excluding hydrogens is 252 g/mol. The Bertz CT molecular complexity index is 465. The van der Waals surface area contributed by atoms with Crippen LogP contribution in [0.3, 0.4) is 0 Å². The second-order valence-corrected chi connectivity index (χ2v) is 5.16. The van der Waals surface area contributed by atoms with Crippen LogP contribution in [-0.4, -0.2) is 25.0 Å². The largest absolute Gasteiger partial charge is 0.366 e. The van der Waals surface area contributed by atoms with E-state index in [1.807, 2.05) is 12.1 Å². The summed E-state index contributed by atoms with van der Waals surface area (Å²) in [6, 6.07) is 7.57. The Kier molecular flexibility index (Phi) is 6.03. The van der Waals surface area contributed by atoms with Crippen LogP contribution < -0.4 is 16.4 Å². The van der Waals surface area contributed by atoms with Crippen molar-refractivity contribution in [3.05, 3.63) is 35.4 Å². The number of nitrogens with one attached hydrogen (secondary N) is 2. The van der Waals surface area contributed by atoms with Gasteiger partial charge in [0, 0.05) is 25.2 Å². The first-order chi connectivity index (χ1) is 9.43. The molecule has 0 spiro atoms. The van der Waals surface area contributed by atoms with Crippen LogP contribution in [0, 0.1) is 5.92 Å². The summed E-state index contributed by atoms with van der Waals surface area (Å²) in [6.07, 6.45) is 0. The Morgan fingerprint density at radius 1 is 1.25 bits per heavy atom. The highest BCUT2D eigenvalue weighted by Gasteiger charge is 2.08. The topological polar surface area (TPSA) is 79.5 Å². The summed E-state index contributed by atoms with van der Waals surface area (Å²) in [6.45, 7) is 7.09. The molecule has 0 aliphatic carbocycles. The van der Waals surface area contributed by atoms with Gasteiger partial charge in [0.25, 0.3) is 0 Å². The summed E-state index contributed by atoms with van der Waals surface area (Å²) in [4.78, 5) is 15.2. The molecule has 110 valence electrons. The van der Waals surface area contributed by atoms with E-state index in [1.165, 1.54) is 0 Å². The average Bonchev–Trinajstić information content (AvgIpc) is 2.43. The predicted molar refractivity (Wildman–Crippen MR) is 82.6 cm³/mol. The molecule has 0 fully saturated rings. The van der Waals surface area contributed by atoms with Crippen LogP contribution in [0.25, 0.3) is 0 Å². The van der Waals surface area contributed by atoms with Gasteiger partial charge >= 0.3 is 0 Å². The quantitative estimate of drug-likeness (QED) is 0.563. The maximum absolute atomic E-state index is 11.0. The molecule has 20 heavy (non-hydrogen) atoms. The summed E-state index contributed by atoms with van der Waals surface area (Å²) < 4.78 is 0. The first kappa shape index (κ1) is 16.0. The van der Waals surface area contributed by atoms with Crippen molar-refractivity contribution < 1.29 is 4.79 Å². The minimum atomic E-state index is -0.409. The van der Waals surface area contributed by atoms with Gasteiger partial charge in [-0.25, -0.2) is 0 Å². The molecule has 5 nitrogen and oxygen atoms in total. The Labute approximate surface area is 120 Å². The van der Waals surface area contributed by atoms with Crippen LogP contribution in [0.15, 0.2) is 29.3 Å². The van der Waals surface area contributed by atoms with Gasteiger partial charge in [0.1, 0.15) is 0 Å². The van der Waals surface area contributed by atoms with E-state index in [9.17, 15) is 4.79 Å². The Morgan fingerprint density at radius 3 is 2.30 bits per heavy atom. The van der Waals surface area contributed by atoms with Gasteiger partial charge in [-0.15, -0.1) is 0 Å². The van der Waals surface area contributed by atoms with Crippen LogP contribution in [-0.2, 0) is 6.54 Å². The van der Waals surface area contributed by atoms with E-state index in [1.54, 1.807) is 19.2 Å². The summed E-state index contributed by atoms with van der Waals surface area (Å²) in [7, 11) is 1.75. The van der Waals surface area contributed by atoms with E-state index in [-0.39, 0.29) is 0 Å². The van der Waals surface area contributed by atoms with E-state index in [2.05, 4.69) is 36.4 Å². The number of primary amides is 1. The number of guanidine groups is 1. The first-order valence-corrected chi connectivity index (χ1v) is 6.80. The molecule has 0 bridgehead atoms. The lowest BCUT2D eigenvalue weighted by atomic mass is 10.1. The Morgan fingerprint density at radius 2 is 1.85 bits per heavy atom. The second-order valence-electron chi connectivity index (χ2n) is 5.16. The van der Waals surface area contributed by atoms with Gasteiger partial charge in [-0.1, -0.05) is 26.0 Å². The summed E-state index contributed by atoms with van der Waals surface area (Å²) in [5.74, 6) is 0.890. The first-order valence-electron chi connectivity index (χ1n) is 6.80. The van der Waals surface area contributed by atoms with Crippen molar-refractivity contribution in [2.45, 2.75) is 33.4 Å². The predicted octanol–water partition coefficient (Wildman–Crippen LogP) is 1.49. The molecular formula is C15H24N4O. The molecule has 4 N–H and O–H groups in total. The maximum Gasteiger partial charge on any atom is 0.248 e. The molecule has 0 saturated carbocycles. The highest BCUT2D eigenvalue weighted by molar-refractivity contribution is 5.92. The molecule has 1 amide bonds. The van der Waals surface area contributed by atoms with Crippen molar-refractivity contribution >= 4 is 11.9 Å². The molecule has 0 saturated heterocycles. The molecule has 1 aromatic carbocycles. The Hall–Kier alpha value is -2.04. The van der Waals surface area contributed by atoms with E-state index in [0.29, 0.717) is 24.1 Å². The number of carbonyl (C=O) groups excluding carboxylic acids is 1. The van der Waals surface area contributed by atoms with Gasteiger partial charge in [-0.05, 0) is 30.5 Å². The van der Waals surface area contributed by atoms with Crippen LogP contribution >= 0.6 is 0 Å². The molecule has 1 aromatic rings. The number of nitrogens with zero attached hydrogens (tertiary/aromatic N) is 1. The number of hydrogen-bond donors (Lipinski definition) is 3. The van der Waals surface area contributed by atoms with Gasteiger partial charge in [0.15, 0.2) is 5.96 Å². The highest BCUT2D eigenvalue weighted by Crippen LogP contribution is 2.04. The molecule has 5 heteroatoms. The number of carbonyl (C=O) groups is 1. The van der Waals surface area contributed by atoms with Crippen molar-refractivity contribution in [3.8, 4) is 0 Å². The molecule has 0 radical (unpaired) electrons. The van der Waals surface area contributed by atoms with Crippen LogP contribution in [0.5, 0.6) is 0 Å². The van der Waals surface area contributed by atoms with Crippen molar-refractivity contribution in [1.82, 2.24) is 10.6 Å². The van der Waals surface area contributed by atoms with Crippen molar-refractivity contribution in [1.29, 1.82) is 0 Å². The normalized spacial score (nSPS) is 13.2. The summed E-state index contributed by atoms with van der Waals surface area (Å²) >= 11 is 0. The van der Waals surface area contributed by atoms with Gasteiger partial charge in [0.05, 0.1) is 0 Å². The van der Waals surface area contributed by atoms with Gasteiger partial charge in [-0.3, -0.25) is 9.79 Å². The lowest BCUT2D eigenvalue weighted by Crippen LogP contribution is -2.43. The second kappa shape index (κ2) is 7.53. The fraction of sp³-hybridized carbons (Fsp3) is 0.467.